The lowest BCUT2D eigenvalue weighted by Crippen LogP contribution is -2.45. The highest BCUT2D eigenvalue weighted by atomic mass is 35.5. The van der Waals surface area contributed by atoms with Crippen molar-refractivity contribution in [3.05, 3.63) is 105 Å². The van der Waals surface area contributed by atoms with Crippen molar-refractivity contribution in [3.63, 3.8) is 0 Å². The lowest BCUT2D eigenvalue weighted by molar-refractivity contribution is -0.121. The molecule has 3 aromatic carbocycles. The lowest BCUT2D eigenvalue weighted by atomic mass is 9.91. The summed E-state index contributed by atoms with van der Waals surface area (Å²) in [5, 5.41) is 20.0. The molecule has 1 aliphatic heterocycles. The Bertz CT molecular complexity index is 1570. The van der Waals surface area contributed by atoms with Gasteiger partial charge < -0.3 is 15.3 Å². The number of rotatable bonds is 5. The summed E-state index contributed by atoms with van der Waals surface area (Å²) in [6.07, 6.45) is 1.67. The summed E-state index contributed by atoms with van der Waals surface area (Å²) < 4.78 is 15.6. The van der Waals surface area contributed by atoms with Crippen molar-refractivity contribution in [2.24, 2.45) is 0 Å². The molecule has 0 saturated carbocycles. The van der Waals surface area contributed by atoms with Crippen LogP contribution < -0.4 is 5.32 Å². The van der Waals surface area contributed by atoms with Gasteiger partial charge in [0.05, 0.1) is 16.8 Å². The van der Waals surface area contributed by atoms with E-state index in [2.05, 4.69) is 15.6 Å². The van der Waals surface area contributed by atoms with Gasteiger partial charge in [0.25, 0.3) is 11.8 Å². The number of hydrogen-bond donors (Lipinski definition) is 2. The number of benzene rings is 3. The van der Waals surface area contributed by atoms with E-state index in [1.807, 2.05) is 0 Å². The average molecular weight is 554 g/mol. The number of carbonyl (C=O) groups excluding carboxylic acids is 2. The van der Waals surface area contributed by atoms with Gasteiger partial charge in [-0.2, -0.15) is 0 Å². The number of aromatic carboxylic acids is 1. The van der Waals surface area contributed by atoms with Gasteiger partial charge >= 0.3 is 5.97 Å². The van der Waals surface area contributed by atoms with Gasteiger partial charge in [-0.05, 0) is 60.0 Å². The first-order chi connectivity index (χ1) is 18.2. The van der Waals surface area contributed by atoms with Gasteiger partial charge in [0.2, 0.25) is 0 Å². The molecule has 0 saturated heterocycles. The van der Waals surface area contributed by atoms with E-state index in [9.17, 15) is 18.8 Å². The maximum atomic E-state index is 14.5. The van der Waals surface area contributed by atoms with Crippen LogP contribution in [0.3, 0.4) is 0 Å². The largest absolute Gasteiger partial charge is 0.478 e. The summed E-state index contributed by atoms with van der Waals surface area (Å²) in [7, 11) is 0. The van der Waals surface area contributed by atoms with E-state index in [1.54, 1.807) is 24.3 Å². The summed E-state index contributed by atoms with van der Waals surface area (Å²) in [5.74, 6) is -2.93. The van der Waals surface area contributed by atoms with Crippen LogP contribution in [-0.4, -0.2) is 49.3 Å². The molecule has 2 amide bonds. The molecule has 2 N–H and O–H groups in total. The Balaban J connectivity index is 1.48. The number of nitrogens with zero attached hydrogens (tertiary/aromatic N) is 4. The van der Waals surface area contributed by atoms with E-state index in [4.69, 9.17) is 28.3 Å². The number of hydrogen-bond acceptors (Lipinski definition) is 5. The number of anilines is 1. The fourth-order valence-corrected chi connectivity index (χ4v) is 4.77. The van der Waals surface area contributed by atoms with Gasteiger partial charge in [-0.15, -0.1) is 5.10 Å². The molecular weight excluding hydrogens is 536 g/mol. The van der Waals surface area contributed by atoms with E-state index in [-0.39, 0.29) is 28.5 Å². The molecule has 38 heavy (non-hydrogen) atoms. The number of halogens is 3. The molecule has 9 nitrogen and oxygen atoms in total. The van der Waals surface area contributed by atoms with Gasteiger partial charge in [0, 0.05) is 17.3 Å². The Morgan fingerprint density at radius 3 is 2.45 bits per heavy atom. The quantitative estimate of drug-likeness (QED) is 0.367. The van der Waals surface area contributed by atoms with Crippen LogP contribution in [0.1, 0.15) is 38.0 Å². The predicted octanol–water partition coefficient (Wildman–Crippen LogP) is 4.79. The number of aromatic nitrogens is 3. The summed E-state index contributed by atoms with van der Waals surface area (Å²) in [4.78, 5) is 39.6. The molecule has 1 aliphatic rings. The number of carboxylic acids is 1. The Hall–Kier alpha value is -4.28. The standard InChI is InChI=1S/C26H18Cl2FN5O4/c27-18-4-1-3-17-16(18)11-12-33(23(17)24(35)30-15-9-7-14(8-10-15)26(37)38)25(36)20-13-34(32-31-20)21-6-2-5-19(28)22(21)29/h1-10,13,23H,11-12H2,(H,30,35)(H,37,38). The zero-order valence-electron chi connectivity index (χ0n) is 19.4. The van der Waals surface area contributed by atoms with Crippen molar-refractivity contribution < 1.29 is 23.9 Å². The van der Waals surface area contributed by atoms with Crippen molar-refractivity contribution in [2.75, 3.05) is 11.9 Å². The molecule has 1 aromatic heterocycles. The maximum absolute atomic E-state index is 14.5. The third kappa shape index (κ3) is 4.71. The molecule has 0 fully saturated rings. The van der Waals surface area contributed by atoms with E-state index in [1.165, 1.54) is 47.5 Å². The second kappa shape index (κ2) is 10.2. The Morgan fingerprint density at radius 2 is 1.71 bits per heavy atom. The van der Waals surface area contributed by atoms with Crippen LogP contribution in [0, 0.1) is 5.82 Å². The summed E-state index contributed by atoms with van der Waals surface area (Å²) in [6, 6.07) is 14.1. The SMILES string of the molecule is O=C(O)c1ccc(NC(=O)C2c3cccc(Cl)c3CCN2C(=O)c2cn(-c3cccc(Cl)c3F)nn2)cc1. The molecular formula is C26H18Cl2FN5O4. The molecule has 4 aromatic rings. The maximum Gasteiger partial charge on any atom is 0.335 e. The van der Waals surface area contributed by atoms with Crippen LogP contribution in [0.4, 0.5) is 10.1 Å². The predicted molar refractivity (Wildman–Crippen MR) is 137 cm³/mol. The first kappa shape index (κ1) is 25.4. The highest BCUT2D eigenvalue weighted by Crippen LogP contribution is 2.35. The third-order valence-corrected chi connectivity index (χ3v) is 6.81. The van der Waals surface area contributed by atoms with Crippen molar-refractivity contribution in [1.82, 2.24) is 19.9 Å². The zero-order valence-corrected chi connectivity index (χ0v) is 20.9. The van der Waals surface area contributed by atoms with Gasteiger partial charge in [-0.25, -0.2) is 13.9 Å². The summed E-state index contributed by atoms with van der Waals surface area (Å²) in [6.45, 7) is 0.157. The van der Waals surface area contributed by atoms with E-state index in [0.29, 0.717) is 22.7 Å². The van der Waals surface area contributed by atoms with Gasteiger partial charge in [0.15, 0.2) is 11.5 Å². The second-order valence-electron chi connectivity index (χ2n) is 8.45. The molecule has 192 valence electrons. The van der Waals surface area contributed by atoms with Crippen LogP contribution in [0.25, 0.3) is 5.69 Å². The van der Waals surface area contributed by atoms with E-state index in [0.717, 1.165) is 10.2 Å². The van der Waals surface area contributed by atoms with Crippen molar-refractivity contribution >= 4 is 46.7 Å². The minimum Gasteiger partial charge on any atom is -0.478 e. The topological polar surface area (TPSA) is 117 Å². The number of nitrogens with one attached hydrogen (secondary N) is 1. The van der Waals surface area contributed by atoms with Crippen LogP contribution in [0.5, 0.6) is 0 Å². The van der Waals surface area contributed by atoms with Crippen molar-refractivity contribution in [2.45, 2.75) is 12.5 Å². The van der Waals surface area contributed by atoms with E-state index >= 15 is 0 Å². The Kier molecular flexibility index (Phi) is 6.83. The minimum absolute atomic E-state index is 0.0129. The molecule has 2 heterocycles. The summed E-state index contributed by atoms with van der Waals surface area (Å²) in [5.41, 5.74) is 1.62. The number of carboxylic acid groups (broad SMARTS) is 1. The molecule has 0 bridgehead atoms. The minimum atomic E-state index is -1.10. The van der Waals surface area contributed by atoms with Crippen LogP contribution in [-0.2, 0) is 11.2 Å². The molecule has 0 aliphatic carbocycles. The molecule has 0 radical (unpaired) electrons. The van der Waals surface area contributed by atoms with Gasteiger partial charge in [0.1, 0.15) is 11.7 Å². The van der Waals surface area contributed by atoms with E-state index < -0.39 is 29.6 Å². The molecule has 12 heteroatoms. The monoisotopic (exact) mass is 553 g/mol. The molecule has 0 spiro atoms. The zero-order chi connectivity index (χ0) is 27.0. The lowest BCUT2D eigenvalue weighted by Gasteiger charge is -2.36. The smallest absolute Gasteiger partial charge is 0.335 e. The normalized spacial score (nSPS) is 14.6. The highest BCUT2D eigenvalue weighted by molar-refractivity contribution is 6.31. The average Bonchev–Trinajstić information content (AvgIpc) is 3.40. The van der Waals surface area contributed by atoms with Crippen LogP contribution >= 0.6 is 23.2 Å². The highest BCUT2D eigenvalue weighted by Gasteiger charge is 2.38. The number of carbonyl (C=O) groups is 3. The fraction of sp³-hybridized carbons (Fsp3) is 0.115. The Labute approximate surface area is 225 Å². The van der Waals surface area contributed by atoms with Crippen LogP contribution in [0.15, 0.2) is 66.9 Å². The number of fused-ring (bicyclic) bond motifs is 1. The van der Waals surface area contributed by atoms with Gasteiger partial charge in [-0.1, -0.05) is 46.6 Å². The van der Waals surface area contributed by atoms with Crippen LogP contribution in [0.2, 0.25) is 10.0 Å². The first-order valence-corrected chi connectivity index (χ1v) is 12.1. The van der Waals surface area contributed by atoms with Gasteiger partial charge in [-0.3, -0.25) is 9.59 Å². The molecule has 1 unspecified atom stereocenters. The Morgan fingerprint density at radius 1 is 1.00 bits per heavy atom. The van der Waals surface area contributed by atoms with Crippen molar-refractivity contribution in [3.8, 4) is 5.69 Å². The molecule has 5 rings (SSSR count). The number of amides is 2. The third-order valence-electron chi connectivity index (χ3n) is 6.16. The fourth-order valence-electron chi connectivity index (χ4n) is 4.33. The first-order valence-electron chi connectivity index (χ1n) is 11.3. The van der Waals surface area contributed by atoms with Crippen molar-refractivity contribution in [1.29, 1.82) is 0 Å². The second-order valence-corrected chi connectivity index (χ2v) is 9.27. The summed E-state index contributed by atoms with van der Waals surface area (Å²) >= 11 is 12.3. The molecule has 1 atom stereocenters.